The van der Waals surface area contributed by atoms with Crippen LogP contribution < -0.4 is 10.0 Å². The Morgan fingerprint density at radius 3 is 2.76 bits per heavy atom. The van der Waals surface area contributed by atoms with Crippen LogP contribution in [0.1, 0.15) is 23.2 Å². The second kappa shape index (κ2) is 6.00. The quantitative estimate of drug-likeness (QED) is 0.730. The molecule has 0 bridgehead atoms. The van der Waals surface area contributed by atoms with Gasteiger partial charge in [0.15, 0.2) is 0 Å². The number of amides is 1. The smallest absolute Gasteiger partial charge is 0.335 e. The lowest BCUT2D eigenvalue weighted by Gasteiger charge is -2.13. The molecule has 1 unspecified atom stereocenters. The predicted octanol–water partition coefficient (Wildman–Crippen LogP) is 0.595. The van der Waals surface area contributed by atoms with Crippen LogP contribution >= 0.6 is 11.6 Å². The van der Waals surface area contributed by atoms with Crippen molar-refractivity contribution in [2.24, 2.45) is 0 Å². The number of carbonyl (C=O) groups excluding carboxylic acids is 1. The second-order valence-electron chi connectivity index (χ2n) is 4.61. The zero-order valence-electron chi connectivity index (χ0n) is 10.8. The van der Waals surface area contributed by atoms with E-state index >= 15 is 0 Å². The SMILES string of the molecule is O=C1CCC(CNS(=O)(=O)c2cc(C(=O)O)ccc2Cl)N1. The van der Waals surface area contributed by atoms with Crippen LogP contribution in [0.2, 0.25) is 5.02 Å². The summed E-state index contributed by atoms with van der Waals surface area (Å²) in [5, 5.41) is 11.5. The monoisotopic (exact) mass is 332 g/mol. The molecule has 114 valence electrons. The Morgan fingerprint density at radius 1 is 1.48 bits per heavy atom. The van der Waals surface area contributed by atoms with Crippen LogP contribution in [0.5, 0.6) is 0 Å². The van der Waals surface area contributed by atoms with Crippen molar-refractivity contribution < 1.29 is 23.1 Å². The minimum atomic E-state index is -3.95. The van der Waals surface area contributed by atoms with Crippen molar-refractivity contribution in [2.45, 2.75) is 23.8 Å². The van der Waals surface area contributed by atoms with Gasteiger partial charge in [0.25, 0.3) is 0 Å². The van der Waals surface area contributed by atoms with Gasteiger partial charge >= 0.3 is 5.97 Å². The molecule has 21 heavy (non-hydrogen) atoms. The summed E-state index contributed by atoms with van der Waals surface area (Å²) in [6.45, 7) is 0.0295. The van der Waals surface area contributed by atoms with Crippen LogP contribution in [0.3, 0.4) is 0 Å². The van der Waals surface area contributed by atoms with Crippen molar-refractivity contribution in [3.63, 3.8) is 0 Å². The lowest BCUT2D eigenvalue weighted by Crippen LogP contribution is -2.38. The van der Waals surface area contributed by atoms with E-state index in [0.29, 0.717) is 12.8 Å². The fourth-order valence-electron chi connectivity index (χ4n) is 1.96. The van der Waals surface area contributed by atoms with E-state index in [1.807, 2.05) is 0 Å². The zero-order chi connectivity index (χ0) is 15.6. The minimum Gasteiger partial charge on any atom is -0.478 e. The standard InChI is InChI=1S/C12H13ClN2O5S/c13-9-3-1-7(12(17)18)5-10(9)21(19,20)14-6-8-2-4-11(16)15-8/h1,3,5,8,14H,2,4,6H2,(H,15,16)(H,17,18). The number of sulfonamides is 1. The Labute approximate surface area is 126 Å². The van der Waals surface area contributed by atoms with Gasteiger partial charge in [0, 0.05) is 19.0 Å². The molecular formula is C12H13ClN2O5S. The largest absolute Gasteiger partial charge is 0.478 e. The van der Waals surface area contributed by atoms with Crippen molar-refractivity contribution in [2.75, 3.05) is 6.54 Å². The molecule has 1 fully saturated rings. The average molecular weight is 333 g/mol. The first-order chi connectivity index (χ1) is 9.79. The van der Waals surface area contributed by atoms with E-state index in [0.717, 1.165) is 6.07 Å². The highest BCUT2D eigenvalue weighted by Crippen LogP contribution is 2.22. The summed E-state index contributed by atoms with van der Waals surface area (Å²) in [6, 6.07) is 3.17. The van der Waals surface area contributed by atoms with Crippen LogP contribution in [0.15, 0.2) is 23.1 Å². The van der Waals surface area contributed by atoms with Gasteiger partial charge in [-0.15, -0.1) is 0 Å². The molecule has 3 N–H and O–H groups in total. The highest BCUT2D eigenvalue weighted by Gasteiger charge is 2.25. The third kappa shape index (κ3) is 3.72. The molecule has 0 saturated carbocycles. The van der Waals surface area contributed by atoms with Gasteiger partial charge in [0.1, 0.15) is 4.90 Å². The average Bonchev–Trinajstić information content (AvgIpc) is 2.82. The second-order valence-corrected chi connectivity index (χ2v) is 6.75. The van der Waals surface area contributed by atoms with E-state index < -0.39 is 16.0 Å². The van der Waals surface area contributed by atoms with Gasteiger partial charge in [0.05, 0.1) is 10.6 Å². The van der Waals surface area contributed by atoms with Gasteiger partial charge in [-0.2, -0.15) is 0 Å². The lowest BCUT2D eigenvalue weighted by molar-refractivity contribution is -0.119. The van der Waals surface area contributed by atoms with Crippen molar-refractivity contribution >= 4 is 33.5 Å². The molecule has 7 nitrogen and oxygen atoms in total. The predicted molar refractivity (Wildman–Crippen MR) is 74.8 cm³/mol. The molecule has 1 atom stereocenters. The molecule has 9 heteroatoms. The third-order valence-corrected chi connectivity index (χ3v) is 4.98. The van der Waals surface area contributed by atoms with Crippen LogP contribution in [0, 0.1) is 0 Å². The fraction of sp³-hybridized carbons (Fsp3) is 0.333. The molecule has 0 aromatic heterocycles. The Morgan fingerprint density at radius 2 is 2.19 bits per heavy atom. The van der Waals surface area contributed by atoms with Crippen molar-refractivity contribution in [1.29, 1.82) is 0 Å². The van der Waals surface area contributed by atoms with Crippen LogP contribution in [0.25, 0.3) is 0 Å². The fourth-order valence-corrected chi connectivity index (χ4v) is 3.57. The lowest BCUT2D eigenvalue weighted by atomic mass is 10.2. The molecule has 0 radical (unpaired) electrons. The summed E-state index contributed by atoms with van der Waals surface area (Å²) in [5.74, 6) is -1.36. The highest BCUT2D eigenvalue weighted by atomic mass is 35.5. The Bertz CT molecular complexity index is 689. The first kappa shape index (κ1) is 15.7. The third-order valence-electron chi connectivity index (χ3n) is 3.07. The number of rotatable bonds is 5. The van der Waals surface area contributed by atoms with E-state index in [4.69, 9.17) is 16.7 Å². The number of carbonyl (C=O) groups is 2. The maximum absolute atomic E-state index is 12.2. The van der Waals surface area contributed by atoms with Crippen molar-refractivity contribution in [3.05, 3.63) is 28.8 Å². The first-order valence-corrected chi connectivity index (χ1v) is 7.97. The van der Waals surface area contributed by atoms with Crippen LogP contribution in [0.4, 0.5) is 0 Å². The van der Waals surface area contributed by atoms with Gasteiger partial charge in [-0.25, -0.2) is 17.9 Å². The van der Waals surface area contributed by atoms with E-state index in [2.05, 4.69) is 10.0 Å². The molecule has 1 aliphatic heterocycles. The molecule has 1 aliphatic rings. The van der Waals surface area contributed by atoms with Gasteiger partial charge in [-0.1, -0.05) is 11.6 Å². The number of hydrogen-bond acceptors (Lipinski definition) is 4. The van der Waals surface area contributed by atoms with E-state index in [9.17, 15) is 18.0 Å². The maximum Gasteiger partial charge on any atom is 0.335 e. The summed E-state index contributed by atoms with van der Waals surface area (Å²) in [4.78, 5) is 21.6. The molecule has 1 aromatic carbocycles. The number of carboxylic acid groups (broad SMARTS) is 1. The van der Waals surface area contributed by atoms with Crippen LogP contribution in [-0.2, 0) is 14.8 Å². The number of aromatic carboxylic acids is 1. The maximum atomic E-state index is 12.2. The van der Waals surface area contributed by atoms with Gasteiger partial charge in [-0.05, 0) is 24.6 Å². The van der Waals surface area contributed by atoms with E-state index in [1.165, 1.54) is 12.1 Å². The molecule has 1 saturated heterocycles. The van der Waals surface area contributed by atoms with Crippen molar-refractivity contribution in [3.8, 4) is 0 Å². The molecule has 1 aromatic rings. The summed E-state index contributed by atoms with van der Waals surface area (Å²) < 4.78 is 26.7. The van der Waals surface area contributed by atoms with E-state index in [-0.39, 0.29) is 34.0 Å². The highest BCUT2D eigenvalue weighted by molar-refractivity contribution is 7.89. The Kier molecular flexibility index (Phi) is 4.50. The van der Waals surface area contributed by atoms with Gasteiger partial charge < -0.3 is 10.4 Å². The molecule has 1 amide bonds. The topological polar surface area (TPSA) is 113 Å². The number of halogens is 1. The van der Waals surface area contributed by atoms with Crippen LogP contribution in [-0.4, -0.2) is 38.0 Å². The number of benzene rings is 1. The number of hydrogen-bond donors (Lipinski definition) is 3. The summed E-state index contributed by atoms with van der Waals surface area (Å²) in [6.07, 6.45) is 0.909. The van der Waals surface area contributed by atoms with Gasteiger partial charge in [-0.3, -0.25) is 4.79 Å². The Hall–Kier alpha value is -1.64. The summed E-state index contributed by atoms with van der Waals surface area (Å²) in [7, 11) is -3.95. The normalized spacial score (nSPS) is 18.5. The molecule has 0 aliphatic carbocycles. The zero-order valence-corrected chi connectivity index (χ0v) is 12.4. The molecule has 0 spiro atoms. The summed E-state index contributed by atoms with van der Waals surface area (Å²) in [5.41, 5.74) is -0.172. The number of carboxylic acids is 1. The van der Waals surface area contributed by atoms with E-state index in [1.54, 1.807) is 0 Å². The molecule has 1 heterocycles. The Balaban J connectivity index is 2.17. The van der Waals surface area contributed by atoms with Gasteiger partial charge in [0.2, 0.25) is 15.9 Å². The first-order valence-electron chi connectivity index (χ1n) is 6.11. The molecule has 2 rings (SSSR count). The number of nitrogens with one attached hydrogen (secondary N) is 2. The molecular weight excluding hydrogens is 320 g/mol. The summed E-state index contributed by atoms with van der Waals surface area (Å²) >= 11 is 5.82. The minimum absolute atomic E-state index is 0.0295. The van der Waals surface area contributed by atoms with Crippen molar-refractivity contribution in [1.82, 2.24) is 10.0 Å².